The highest BCUT2D eigenvalue weighted by atomic mass is 32.1. The number of hydrogen-bond acceptors (Lipinski definition) is 8. The Hall–Kier alpha value is -3.07. The Morgan fingerprint density at radius 1 is 0.943 bits per heavy atom. The van der Waals surface area contributed by atoms with Crippen molar-refractivity contribution in [3.05, 3.63) is 0 Å². The number of thiol groups is 1. The third-order valence-electron chi connectivity index (χ3n) is 5.17. The fraction of sp³-hybridized carbons (Fsp3) is 0.700. The van der Waals surface area contributed by atoms with E-state index in [0.29, 0.717) is 12.8 Å². The Labute approximate surface area is 209 Å². The molecule has 5 atom stereocenters. The fourth-order valence-corrected chi connectivity index (χ4v) is 3.12. The van der Waals surface area contributed by atoms with Gasteiger partial charge in [0.15, 0.2) is 5.96 Å². The van der Waals surface area contributed by atoms with Crippen LogP contribution in [0.3, 0.4) is 0 Å². The van der Waals surface area contributed by atoms with Crippen LogP contribution in [-0.2, 0) is 24.0 Å². The first-order valence-electron chi connectivity index (χ1n) is 11.1. The summed E-state index contributed by atoms with van der Waals surface area (Å²) < 4.78 is 0. The number of carboxylic acids is 2. The number of carbonyl (C=O) groups is 5. The molecular formula is C20H37N7O7S. The molecule has 0 aliphatic carbocycles. The fourth-order valence-electron chi connectivity index (χ4n) is 2.87. The molecule has 0 aromatic rings. The van der Waals surface area contributed by atoms with E-state index in [1.54, 1.807) is 13.8 Å². The molecule has 0 aromatic heterocycles. The van der Waals surface area contributed by atoms with Crippen LogP contribution in [0.5, 0.6) is 0 Å². The molecule has 0 fully saturated rings. The van der Waals surface area contributed by atoms with Gasteiger partial charge in [0, 0.05) is 18.7 Å². The van der Waals surface area contributed by atoms with Gasteiger partial charge in [-0.3, -0.25) is 24.2 Å². The van der Waals surface area contributed by atoms with Crippen molar-refractivity contribution in [2.75, 3.05) is 12.3 Å². The van der Waals surface area contributed by atoms with Crippen LogP contribution < -0.4 is 33.2 Å². The van der Waals surface area contributed by atoms with Crippen LogP contribution in [0.4, 0.5) is 0 Å². The zero-order valence-electron chi connectivity index (χ0n) is 19.9. The summed E-state index contributed by atoms with van der Waals surface area (Å²) in [6, 6.07) is -4.62. The maximum Gasteiger partial charge on any atom is 0.326 e. The molecule has 5 unspecified atom stereocenters. The standard InChI is InChI=1S/C20H37N7O7S/c1-3-10(2)15(18(32)25-12(19(33)34)6-7-14(28)29)27-17(31)13(9-35)26-16(30)11(21)5-4-8-24-20(22)23/h10-13,15,35H,3-9,21H2,1-2H3,(H,25,32)(H,26,30)(H,27,31)(H,28,29)(H,33,34)(H4,22,23,24). The van der Waals surface area contributed by atoms with Crippen molar-refractivity contribution in [1.29, 1.82) is 0 Å². The van der Waals surface area contributed by atoms with E-state index in [9.17, 15) is 29.1 Å². The van der Waals surface area contributed by atoms with E-state index >= 15 is 0 Å². The second-order valence-electron chi connectivity index (χ2n) is 8.00. The Morgan fingerprint density at radius 3 is 2.03 bits per heavy atom. The number of nitrogens with one attached hydrogen (secondary N) is 3. The Kier molecular flexibility index (Phi) is 15.1. The zero-order chi connectivity index (χ0) is 27.1. The van der Waals surface area contributed by atoms with Gasteiger partial charge in [-0.15, -0.1) is 0 Å². The van der Waals surface area contributed by atoms with Crippen LogP contribution >= 0.6 is 12.6 Å². The summed E-state index contributed by atoms with van der Waals surface area (Å²) >= 11 is 4.09. The minimum Gasteiger partial charge on any atom is -0.481 e. The van der Waals surface area contributed by atoms with Crippen molar-refractivity contribution in [2.24, 2.45) is 28.1 Å². The number of nitrogens with zero attached hydrogens (tertiary/aromatic N) is 1. The molecule has 14 nitrogen and oxygen atoms in total. The summed E-state index contributed by atoms with van der Waals surface area (Å²) in [6.45, 7) is 3.74. The molecule has 200 valence electrons. The largest absolute Gasteiger partial charge is 0.481 e. The number of carbonyl (C=O) groups excluding carboxylic acids is 3. The van der Waals surface area contributed by atoms with E-state index < -0.39 is 66.2 Å². The minimum absolute atomic E-state index is 0.0775. The number of hydrogen-bond donors (Lipinski definition) is 9. The third-order valence-corrected chi connectivity index (χ3v) is 5.54. The first-order chi connectivity index (χ1) is 16.3. The smallest absolute Gasteiger partial charge is 0.326 e. The van der Waals surface area contributed by atoms with Gasteiger partial charge in [0.05, 0.1) is 6.04 Å². The van der Waals surface area contributed by atoms with Gasteiger partial charge in [-0.25, -0.2) is 4.79 Å². The van der Waals surface area contributed by atoms with Crippen molar-refractivity contribution in [2.45, 2.75) is 70.1 Å². The molecule has 0 rings (SSSR count). The lowest BCUT2D eigenvalue weighted by Gasteiger charge is -2.27. The SMILES string of the molecule is CCC(C)C(NC(=O)C(CS)NC(=O)C(N)CCCN=C(N)N)C(=O)NC(CCC(=O)O)C(=O)O. The van der Waals surface area contributed by atoms with E-state index in [-0.39, 0.29) is 31.1 Å². The Morgan fingerprint density at radius 2 is 1.54 bits per heavy atom. The predicted molar refractivity (Wildman–Crippen MR) is 131 cm³/mol. The average Bonchev–Trinajstić information content (AvgIpc) is 2.79. The van der Waals surface area contributed by atoms with Gasteiger partial charge in [0.1, 0.15) is 18.1 Å². The number of nitrogens with two attached hydrogens (primary N) is 3. The molecule has 0 radical (unpaired) electrons. The Balaban J connectivity index is 5.21. The summed E-state index contributed by atoms with van der Waals surface area (Å²) in [7, 11) is 0. The molecule has 0 saturated carbocycles. The molecule has 3 amide bonds. The summed E-state index contributed by atoms with van der Waals surface area (Å²) in [4.78, 5) is 63.9. The number of aliphatic imine (C=N–C) groups is 1. The van der Waals surface area contributed by atoms with E-state index in [4.69, 9.17) is 22.3 Å². The van der Waals surface area contributed by atoms with E-state index in [0.717, 1.165) is 0 Å². The first-order valence-corrected chi connectivity index (χ1v) is 11.7. The lowest BCUT2D eigenvalue weighted by atomic mass is 9.97. The van der Waals surface area contributed by atoms with Crippen molar-refractivity contribution in [3.8, 4) is 0 Å². The molecule has 11 N–H and O–H groups in total. The van der Waals surface area contributed by atoms with Crippen LogP contribution in [0, 0.1) is 5.92 Å². The van der Waals surface area contributed by atoms with E-state index in [2.05, 4.69) is 33.6 Å². The molecular weight excluding hydrogens is 482 g/mol. The van der Waals surface area contributed by atoms with Gasteiger partial charge in [-0.2, -0.15) is 12.6 Å². The summed E-state index contributed by atoms with van der Waals surface area (Å²) in [5.74, 6) is -5.28. The van der Waals surface area contributed by atoms with Gasteiger partial charge in [-0.05, 0) is 25.2 Å². The number of amides is 3. The van der Waals surface area contributed by atoms with Crippen LogP contribution in [0.15, 0.2) is 4.99 Å². The Bertz CT molecular complexity index is 777. The maximum absolute atomic E-state index is 12.8. The van der Waals surface area contributed by atoms with Gasteiger partial charge in [0.2, 0.25) is 17.7 Å². The molecule has 0 aliphatic heterocycles. The minimum atomic E-state index is -1.45. The highest BCUT2D eigenvalue weighted by Crippen LogP contribution is 2.10. The lowest BCUT2D eigenvalue weighted by molar-refractivity contribution is -0.143. The van der Waals surface area contributed by atoms with Crippen LogP contribution in [-0.4, -0.2) is 82.3 Å². The van der Waals surface area contributed by atoms with E-state index in [1.807, 2.05) is 0 Å². The summed E-state index contributed by atoms with van der Waals surface area (Å²) in [6.07, 6.45) is 0.372. The third kappa shape index (κ3) is 12.8. The molecule has 35 heavy (non-hydrogen) atoms. The van der Waals surface area contributed by atoms with E-state index in [1.165, 1.54) is 0 Å². The lowest BCUT2D eigenvalue weighted by Crippen LogP contribution is -2.59. The van der Waals surface area contributed by atoms with Crippen molar-refractivity contribution in [1.82, 2.24) is 16.0 Å². The summed E-state index contributed by atoms with van der Waals surface area (Å²) in [5.41, 5.74) is 16.3. The van der Waals surface area contributed by atoms with Crippen LogP contribution in [0.2, 0.25) is 0 Å². The van der Waals surface area contributed by atoms with Crippen molar-refractivity contribution in [3.63, 3.8) is 0 Å². The molecule has 0 saturated heterocycles. The molecule has 0 bridgehead atoms. The quantitative estimate of drug-likeness (QED) is 0.0431. The molecule has 0 spiro atoms. The monoisotopic (exact) mass is 519 g/mol. The normalized spacial score (nSPS) is 15.0. The number of guanidine groups is 1. The van der Waals surface area contributed by atoms with Gasteiger partial charge in [-0.1, -0.05) is 20.3 Å². The number of rotatable bonds is 17. The molecule has 0 heterocycles. The highest BCUT2D eigenvalue weighted by Gasteiger charge is 2.32. The number of carboxylic acid groups (broad SMARTS) is 2. The average molecular weight is 520 g/mol. The molecule has 15 heteroatoms. The van der Waals surface area contributed by atoms with Gasteiger partial charge in [0.25, 0.3) is 0 Å². The van der Waals surface area contributed by atoms with Crippen LogP contribution in [0.25, 0.3) is 0 Å². The zero-order valence-corrected chi connectivity index (χ0v) is 20.8. The molecule has 0 aliphatic rings. The van der Waals surface area contributed by atoms with Crippen molar-refractivity contribution < 1.29 is 34.2 Å². The second-order valence-corrected chi connectivity index (χ2v) is 8.37. The number of aliphatic carboxylic acids is 2. The van der Waals surface area contributed by atoms with Crippen molar-refractivity contribution >= 4 is 48.2 Å². The molecule has 0 aromatic carbocycles. The second kappa shape index (κ2) is 16.5. The first kappa shape index (κ1) is 31.9. The van der Waals surface area contributed by atoms with Gasteiger partial charge < -0.3 is 43.4 Å². The predicted octanol–water partition coefficient (Wildman–Crippen LogP) is -2.25. The topological polar surface area (TPSA) is 252 Å². The maximum atomic E-state index is 12.8. The van der Waals surface area contributed by atoms with Gasteiger partial charge >= 0.3 is 11.9 Å². The summed E-state index contributed by atoms with van der Waals surface area (Å²) in [5, 5.41) is 25.4. The van der Waals surface area contributed by atoms with Crippen LogP contribution in [0.1, 0.15) is 46.0 Å². The highest BCUT2D eigenvalue weighted by molar-refractivity contribution is 7.80.